The highest BCUT2D eigenvalue weighted by molar-refractivity contribution is 6.07. The van der Waals surface area contributed by atoms with Gasteiger partial charge in [-0.3, -0.25) is 9.69 Å². The fraction of sp³-hybridized carbons (Fsp3) is 0.625. The van der Waals surface area contributed by atoms with Gasteiger partial charge < -0.3 is 19.9 Å². The summed E-state index contributed by atoms with van der Waals surface area (Å²) in [7, 11) is 1.31. The molecule has 3 rings (SSSR count). The number of carbonyl (C=O) groups excluding carboxylic acids is 3. The lowest BCUT2D eigenvalue weighted by Crippen LogP contribution is -2.51. The molecule has 1 saturated heterocycles. The molecule has 3 amide bonds. The Hall–Kier alpha value is -2.61. The van der Waals surface area contributed by atoms with E-state index in [9.17, 15) is 19.5 Å². The number of aliphatic hydroxyl groups excluding tert-OH is 1. The highest BCUT2D eigenvalue weighted by Gasteiger charge is 2.53. The van der Waals surface area contributed by atoms with Crippen LogP contribution in [-0.2, 0) is 9.53 Å². The highest BCUT2D eigenvalue weighted by atomic mass is 16.5. The van der Waals surface area contributed by atoms with Crippen LogP contribution >= 0.6 is 0 Å². The van der Waals surface area contributed by atoms with E-state index in [-0.39, 0.29) is 24.5 Å². The first-order chi connectivity index (χ1) is 15.1. The first kappa shape index (κ1) is 24.0. The molecule has 1 heterocycles. The van der Waals surface area contributed by atoms with Gasteiger partial charge in [0.25, 0.3) is 5.91 Å². The van der Waals surface area contributed by atoms with Gasteiger partial charge in [-0.1, -0.05) is 27.2 Å². The van der Waals surface area contributed by atoms with Crippen LogP contribution in [0.25, 0.3) is 0 Å². The summed E-state index contributed by atoms with van der Waals surface area (Å²) in [5, 5.41) is 13.3. The summed E-state index contributed by atoms with van der Waals surface area (Å²) < 4.78 is 10.2. The molecule has 2 aliphatic rings. The Labute approximate surface area is 189 Å². The smallest absolute Gasteiger partial charge is 0.337 e. The number of nitrogens with one attached hydrogen (secondary N) is 1. The molecule has 1 aromatic rings. The molecule has 32 heavy (non-hydrogen) atoms. The number of ether oxygens (including phenoxy) is 2. The third-order valence-electron chi connectivity index (χ3n) is 7.21. The van der Waals surface area contributed by atoms with Crippen LogP contribution in [0.5, 0.6) is 5.75 Å². The number of hydrogen-bond donors (Lipinski definition) is 2. The van der Waals surface area contributed by atoms with E-state index in [0.29, 0.717) is 30.1 Å². The molecule has 1 aliphatic heterocycles. The van der Waals surface area contributed by atoms with Crippen LogP contribution in [0.4, 0.5) is 4.79 Å². The number of amides is 3. The highest BCUT2D eigenvalue weighted by Crippen LogP contribution is 2.45. The molecule has 0 bridgehead atoms. The molecule has 1 aromatic carbocycles. The second kappa shape index (κ2) is 9.48. The molecule has 1 unspecified atom stereocenters. The van der Waals surface area contributed by atoms with E-state index in [4.69, 9.17) is 4.74 Å². The van der Waals surface area contributed by atoms with Crippen molar-refractivity contribution in [2.24, 2.45) is 11.3 Å². The molecule has 8 heteroatoms. The van der Waals surface area contributed by atoms with Crippen LogP contribution in [0.2, 0.25) is 0 Å². The number of esters is 1. The van der Waals surface area contributed by atoms with E-state index < -0.39 is 23.6 Å². The number of methoxy groups -OCH3 is 1. The van der Waals surface area contributed by atoms with Crippen molar-refractivity contribution >= 4 is 17.9 Å². The second-order valence-corrected chi connectivity index (χ2v) is 9.53. The van der Waals surface area contributed by atoms with Gasteiger partial charge in [0.05, 0.1) is 19.2 Å². The first-order valence-electron chi connectivity index (χ1n) is 11.2. The molecule has 1 atom stereocenters. The van der Waals surface area contributed by atoms with Gasteiger partial charge in [-0.2, -0.15) is 0 Å². The van der Waals surface area contributed by atoms with Crippen molar-refractivity contribution in [3.63, 3.8) is 0 Å². The Morgan fingerprint density at radius 3 is 2.44 bits per heavy atom. The van der Waals surface area contributed by atoms with Gasteiger partial charge >= 0.3 is 12.0 Å². The van der Waals surface area contributed by atoms with Crippen molar-refractivity contribution < 1.29 is 29.0 Å². The van der Waals surface area contributed by atoms with Crippen LogP contribution < -0.4 is 10.1 Å². The van der Waals surface area contributed by atoms with Crippen LogP contribution in [0, 0.1) is 11.3 Å². The number of β-amino-alcohol motifs (C(OH)–C–C–N with tert-alkyl or cyclic N) is 1. The topological polar surface area (TPSA) is 105 Å². The maximum atomic E-state index is 13.1. The largest absolute Gasteiger partial charge is 0.491 e. The number of hydrogen-bond acceptors (Lipinski definition) is 6. The van der Waals surface area contributed by atoms with Gasteiger partial charge in [0.15, 0.2) is 0 Å². The fourth-order valence-corrected chi connectivity index (χ4v) is 4.62. The monoisotopic (exact) mass is 446 g/mol. The van der Waals surface area contributed by atoms with Gasteiger partial charge in [0, 0.05) is 0 Å². The maximum Gasteiger partial charge on any atom is 0.337 e. The minimum atomic E-state index is -1.03. The minimum Gasteiger partial charge on any atom is -0.491 e. The van der Waals surface area contributed by atoms with E-state index in [2.05, 4.69) is 30.8 Å². The Balaban J connectivity index is 1.53. The SMILES string of the molecule is CCC(C)(C)C1CCC2(CC1)NC(=O)N(CC(O)COc1ccc(C(=O)OC)cc1)C2=O. The predicted molar refractivity (Wildman–Crippen MR) is 118 cm³/mol. The first-order valence-corrected chi connectivity index (χ1v) is 11.2. The number of benzene rings is 1. The van der Waals surface area contributed by atoms with Crippen LogP contribution in [-0.4, -0.2) is 59.8 Å². The molecule has 1 saturated carbocycles. The molecule has 2 fully saturated rings. The lowest BCUT2D eigenvalue weighted by Gasteiger charge is -2.42. The number of rotatable bonds is 8. The zero-order valence-corrected chi connectivity index (χ0v) is 19.3. The van der Waals surface area contributed by atoms with Gasteiger partial charge in [0.2, 0.25) is 0 Å². The van der Waals surface area contributed by atoms with Crippen molar-refractivity contribution in [1.29, 1.82) is 0 Å². The van der Waals surface area contributed by atoms with Gasteiger partial charge in [0.1, 0.15) is 24.0 Å². The quantitative estimate of drug-likeness (QED) is 0.470. The molecule has 2 N–H and O–H groups in total. The summed E-state index contributed by atoms with van der Waals surface area (Å²) in [5.74, 6) is 0.289. The molecule has 0 aromatic heterocycles. The van der Waals surface area contributed by atoms with Crippen LogP contribution in [0.3, 0.4) is 0 Å². The van der Waals surface area contributed by atoms with Gasteiger partial charge in [-0.05, 0) is 61.3 Å². The average Bonchev–Trinajstić information content (AvgIpc) is 3.01. The number of aliphatic hydroxyl groups is 1. The van der Waals surface area contributed by atoms with E-state index in [1.54, 1.807) is 24.3 Å². The summed E-state index contributed by atoms with van der Waals surface area (Å²) in [6, 6.07) is 5.86. The van der Waals surface area contributed by atoms with Crippen molar-refractivity contribution in [3.05, 3.63) is 29.8 Å². The van der Waals surface area contributed by atoms with Crippen LogP contribution in [0.15, 0.2) is 24.3 Å². The Morgan fingerprint density at radius 2 is 1.88 bits per heavy atom. The van der Waals surface area contributed by atoms with E-state index >= 15 is 0 Å². The summed E-state index contributed by atoms with van der Waals surface area (Å²) in [6.07, 6.45) is 3.09. The van der Waals surface area contributed by atoms with Crippen molar-refractivity contribution in [2.45, 2.75) is 64.5 Å². The van der Waals surface area contributed by atoms with E-state index in [1.165, 1.54) is 7.11 Å². The van der Waals surface area contributed by atoms with Crippen molar-refractivity contribution in [1.82, 2.24) is 10.2 Å². The summed E-state index contributed by atoms with van der Waals surface area (Å²) in [6.45, 7) is 6.49. The molecule has 1 spiro atoms. The molecular weight excluding hydrogens is 412 g/mol. The van der Waals surface area contributed by atoms with E-state index in [0.717, 1.165) is 24.2 Å². The predicted octanol–water partition coefficient (Wildman–Crippen LogP) is 3.13. The Bertz CT molecular complexity index is 843. The molecule has 0 radical (unpaired) electrons. The number of urea groups is 1. The lowest BCUT2D eigenvalue weighted by molar-refractivity contribution is -0.134. The maximum absolute atomic E-state index is 13.1. The molecule has 176 valence electrons. The Morgan fingerprint density at radius 1 is 1.25 bits per heavy atom. The third kappa shape index (κ3) is 4.90. The number of nitrogens with zero attached hydrogens (tertiary/aromatic N) is 1. The molecule has 1 aliphatic carbocycles. The fourth-order valence-electron chi connectivity index (χ4n) is 4.62. The summed E-state index contributed by atoms with van der Waals surface area (Å²) in [4.78, 5) is 38.2. The zero-order valence-electron chi connectivity index (χ0n) is 19.3. The summed E-state index contributed by atoms with van der Waals surface area (Å²) in [5.41, 5.74) is -0.237. The van der Waals surface area contributed by atoms with E-state index in [1.807, 2.05) is 0 Å². The van der Waals surface area contributed by atoms with Crippen LogP contribution in [0.1, 0.15) is 63.2 Å². The van der Waals surface area contributed by atoms with Gasteiger partial charge in [-0.25, -0.2) is 9.59 Å². The molecule has 8 nitrogen and oxygen atoms in total. The Kier molecular flexibility index (Phi) is 7.12. The minimum absolute atomic E-state index is 0.0889. The normalized spacial score (nSPS) is 24.4. The van der Waals surface area contributed by atoms with Crippen molar-refractivity contribution in [2.75, 3.05) is 20.3 Å². The van der Waals surface area contributed by atoms with Crippen molar-refractivity contribution in [3.8, 4) is 5.75 Å². The van der Waals surface area contributed by atoms with Gasteiger partial charge in [-0.15, -0.1) is 0 Å². The number of imide groups is 1. The molecular formula is C24H34N2O6. The number of carbonyl (C=O) groups is 3. The third-order valence-corrected chi connectivity index (χ3v) is 7.21. The standard InChI is InChI=1S/C24H34N2O6/c1-5-23(2,3)17-10-12-24(13-11-17)21(29)26(22(30)25-24)14-18(27)15-32-19-8-6-16(7-9-19)20(28)31-4/h6-9,17-18,27H,5,10-15H2,1-4H3,(H,25,30). The second-order valence-electron chi connectivity index (χ2n) is 9.53. The average molecular weight is 447 g/mol. The zero-order chi connectivity index (χ0) is 23.5. The summed E-state index contributed by atoms with van der Waals surface area (Å²) >= 11 is 0. The lowest BCUT2D eigenvalue weighted by atomic mass is 9.65.